The Bertz CT molecular complexity index is 746. The van der Waals surface area contributed by atoms with Gasteiger partial charge in [0.2, 0.25) is 11.8 Å². The van der Waals surface area contributed by atoms with Crippen LogP contribution in [-0.2, 0) is 16.1 Å². The smallest absolute Gasteiger partial charge is 0.227 e. The summed E-state index contributed by atoms with van der Waals surface area (Å²) in [5.74, 6) is 0.535. The second-order valence-electron chi connectivity index (χ2n) is 6.16. The average Bonchev–Trinajstić information content (AvgIpc) is 2.64. The highest BCUT2D eigenvalue weighted by Gasteiger charge is 2.27. The van der Waals surface area contributed by atoms with Crippen LogP contribution in [0.3, 0.4) is 0 Å². The Morgan fingerprint density at radius 2 is 1.80 bits per heavy atom. The van der Waals surface area contributed by atoms with Gasteiger partial charge in [-0.15, -0.1) is 0 Å². The van der Waals surface area contributed by atoms with Crippen molar-refractivity contribution in [2.75, 3.05) is 11.4 Å². The average molecular weight is 338 g/mol. The molecule has 3 rings (SSSR count). The summed E-state index contributed by atoms with van der Waals surface area (Å²) in [5, 5.41) is 2.85. The van der Waals surface area contributed by atoms with Crippen molar-refractivity contribution in [1.82, 2.24) is 5.32 Å². The van der Waals surface area contributed by atoms with E-state index in [-0.39, 0.29) is 30.8 Å². The highest BCUT2D eigenvalue weighted by Crippen LogP contribution is 2.33. The molecule has 1 aliphatic heterocycles. The van der Waals surface area contributed by atoms with Gasteiger partial charge in [0.15, 0.2) is 0 Å². The fourth-order valence-electron chi connectivity index (χ4n) is 2.87. The van der Waals surface area contributed by atoms with Crippen molar-refractivity contribution >= 4 is 17.5 Å². The molecule has 0 aliphatic carbocycles. The van der Waals surface area contributed by atoms with Crippen molar-refractivity contribution in [2.24, 2.45) is 0 Å². The minimum absolute atomic E-state index is 0.0579. The zero-order chi connectivity index (χ0) is 17.6. The first-order chi connectivity index (χ1) is 12.1. The number of amides is 2. The van der Waals surface area contributed by atoms with Gasteiger partial charge < -0.3 is 15.0 Å². The molecule has 1 N–H and O–H groups in total. The number of nitrogens with zero attached hydrogens (tertiary/aromatic N) is 1. The minimum Gasteiger partial charge on any atom is -0.487 e. The lowest BCUT2D eigenvalue weighted by atomic mass is 10.1. The molecule has 0 aromatic heterocycles. The molecule has 1 aliphatic rings. The fourth-order valence-corrected chi connectivity index (χ4v) is 2.87. The summed E-state index contributed by atoms with van der Waals surface area (Å²) < 4.78 is 5.75. The Morgan fingerprint density at radius 1 is 1.08 bits per heavy atom. The van der Waals surface area contributed by atoms with Crippen LogP contribution in [0.5, 0.6) is 5.75 Å². The summed E-state index contributed by atoms with van der Waals surface area (Å²) in [6.07, 6.45) is 0.298. The number of carbonyl (C=O) groups is 2. The van der Waals surface area contributed by atoms with Crippen molar-refractivity contribution in [3.05, 3.63) is 60.2 Å². The van der Waals surface area contributed by atoms with Gasteiger partial charge in [0.25, 0.3) is 0 Å². The first kappa shape index (κ1) is 17.0. The molecular weight excluding hydrogens is 316 g/mol. The third-order valence-corrected chi connectivity index (χ3v) is 4.12. The van der Waals surface area contributed by atoms with Gasteiger partial charge in [-0.2, -0.15) is 0 Å². The van der Waals surface area contributed by atoms with Crippen molar-refractivity contribution in [3.63, 3.8) is 0 Å². The summed E-state index contributed by atoms with van der Waals surface area (Å²) >= 11 is 0. The van der Waals surface area contributed by atoms with E-state index in [9.17, 15) is 9.59 Å². The van der Waals surface area contributed by atoms with E-state index in [1.807, 2.05) is 61.5 Å². The maximum absolute atomic E-state index is 12.6. The molecule has 2 aromatic rings. The van der Waals surface area contributed by atoms with Gasteiger partial charge in [-0.1, -0.05) is 42.5 Å². The van der Waals surface area contributed by atoms with Crippen LogP contribution in [0.2, 0.25) is 0 Å². The van der Waals surface area contributed by atoms with Crippen LogP contribution in [0.15, 0.2) is 54.6 Å². The molecule has 0 unspecified atom stereocenters. The van der Waals surface area contributed by atoms with Gasteiger partial charge in [-0.3, -0.25) is 9.59 Å². The van der Waals surface area contributed by atoms with Gasteiger partial charge in [-0.25, -0.2) is 0 Å². The predicted octanol–water partition coefficient (Wildman–Crippen LogP) is 2.90. The van der Waals surface area contributed by atoms with Crippen LogP contribution in [0.4, 0.5) is 5.69 Å². The number of para-hydroxylation sites is 2. The lowest BCUT2D eigenvalue weighted by molar-refractivity contribution is -0.125. The molecule has 0 saturated heterocycles. The third kappa shape index (κ3) is 4.38. The number of carbonyl (C=O) groups excluding carboxylic acids is 2. The maximum Gasteiger partial charge on any atom is 0.227 e. The van der Waals surface area contributed by atoms with Gasteiger partial charge in [0, 0.05) is 19.4 Å². The molecule has 5 heteroatoms. The van der Waals surface area contributed by atoms with E-state index in [0.717, 1.165) is 11.3 Å². The highest BCUT2D eigenvalue weighted by atomic mass is 16.5. The second kappa shape index (κ2) is 7.83. The molecule has 0 saturated carbocycles. The van der Waals surface area contributed by atoms with Crippen LogP contribution in [0.1, 0.15) is 25.3 Å². The van der Waals surface area contributed by atoms with Crippen LogP contribution in [-0.4, -0.2) is 24.5 Å². The van der Waals surface area contributed by atoms with E-state index in [4.69, 9.17) is 4.74 Å². The second-order valence-corrected chi connectivity index (χ2v) is 6.16. The van der Waals surface area contributed by atoms with Gasteiger partial charge in [0.1, 0.15) is 11.9 Å². The Morgan fingerprint density at radius 3 is 2.60 bits per heavy atom. The number of benzene rings is 2. The van der Waals surface area contributed by atoms with Crippen molar-refractivity contribution < 1.29 is 14.3 Å². The first-order valence-electron chi connectivity index (χ1n) is 8.50. The van der Waals surface area contributed by atoms with Gasteiger partial charge in [-0.05, 0) is 24.6 Å². The maximum atomic E-state index is 12.6. The predicted molar refractivity (Wildman–Crippen MR) is 96.4 cm³/mol. The van der Waals surface area contributed by atoms with Gasteiger partial charge >= 0.3 is 0 Å². The molecule has 0 bridgehead atoms. The summed E-state index contributed by atoms with van der Waals surface area (Å²) in [4.78, 5) is 26.3. The molecule has 25 heavy (non-hydrogen) atoms. The quantitative estimate of drug-likeness (QED) is 0.912. The normalized spacial score (nSPS) is 15.9. The summed E-state index contributed by atoms with van der Waals surface area (Å²) in [6.45, 7) is 2.91. The van der Waals surface area contributed by atoms with E-state index in [2.05, 4.69) is 5.32 Å². The van der Waals surface area contributed by atoms with E-state index < -0.39 is 0 Å². The van der Waals surface area contributed by atoms with Gasteiger partial charge in [0.05, 0.1) is 12.2 Å². The van der Waals surface area contributed by atoms with E-state index in [1.54, 1.807) is 4.90 Å². The zero-order valence-electron chi connectivity index (χ0n) is 14.3. The fraction of sp³-hybridized carbons (Fsp3) is 0.300. The highest BCUT2D eigenvalue weighted by molar-refractivity contribution is 5.97. The number of fused-ring (bicyclic) bond motifs is 1. The standard InChI is InChI=1S/C20H22N2O3/c1-15-14-22(17-9-5-6-10-18(17)25-15)20(24)12-11-19(23)21-13-16-7-3-2-4-8-16/h2-10,15H,11-14H2,1H3,(H,21,23)/t15-/m0/s1. The number of rotatable bonds is 5. The first-order valence-corrected chi connectivity index (χ1v) is 8.50. The van der Waals surface area contributed by atoms with E-state index in [1.165, 1.54) is 0 Å². The molecule has 0 radical (unpaired) electrons. The number of anilines is 1. The van der Waals surface area contributed by atoms with Crippen molar-refractivity contribution in [2.45, 2.75) is 32.4 Å². The van der Waals surface area contributed by atoms with Crippen molar-refractivity contribution in [3.8, 4) is 5.75 Å². The topological polar surface area (TPSA) is 58.6 Å². The number of hydrogen-bond donors (Lipinski definition) is 1. The van der Waals surface area contributed by atoms with Crippen LogP contribution in [0.25, 0.3) is 0 Å². The molecule has 1 atom stereocenters. The third-order valence-electron chi connectivity index (χ3n) is 4.12. The van der Waals surface area contributed by atoms with Crippen molar-refractivity contribution in [1.29, 1.82) is 0 Å². The molecule has 1 heterocycles. The number of nitrogens with one attached hydrogen (secondary N) is 1. The Kier molecular flexibility index (Phi) is 5.33. The van der Waals surface area contributed by atoms with E-state index >= 15 is 0 Å². The zero-order valence-corrected chi connectivity index (χ0v) is 14.3. The van der Waals surface area contributed by atoms with E-state index in [0.29, 0.717) is 18.8 Å². The monoisotopic (exact) mass is 338 g/mol. The lowest BCUT2D eigenvalue weighted by Crippen LogP contribution is -2.42. The molecule has 2 aromatic carbocycles. The summed E-state index contributed by atoms with van der Waals surface area (Å²) in [7, 11) is 0. The Labute approximate surface area is 147 Å². The van der Waals surface area contributed by atoms with Crippen LogP contribution in [0, 0.1) is 0 Å². The number of ether oxygens (including phenoxy) is 1. The molecule has 5 nitrogen and oxygen atoms in total. The Balaban J connectivity index is 1.53. The Hall–Kier alpha value is -2.82. The molecule has 0 fully saturated rings. The van der Waals surface area contributed by atoms with Crippen LogP contribution >= 0.6 is 0 Å². The summed E-state index contributed by atoms with van der Waals surface area (Å²) in [6, 6.07) is 17.2. The minimum atomic E-state index is -0.119. The molecule has 130 valence electrons. The lowest BCUT2D eigenvalue weighted by Gasteiger charge is -2.33. The molecule has 2 amide bonds. The molecular formula is C20H22N2O3. The number of hydrogen-bond acceptors (Lipinski definition) is 3. The largest absolute Gasteiger partial charge is 0.487 e. The summed E-state index contributed by atoms with van der Waals surface area (Å²) in [5.41, 5.74) is 1.81. The SMILES string of the molecule is C[C@H]1CN(C(=O)CCC(=O)NCc2ccccc2)c2ccccc2O1. The van der Waals surface area contributed by atoms with Crippen LogP contribution < -0.4 is 15.0 Å². The molecule has 0 spiro atoms.